The molecule has 2 aromatic carbocycles. The van der Waals surface area contributed by atoms with Crippen molar-refractivity contribution in [3.8, 4) is 0 Å². The fourth-order valence-corrected chi connectivity index (χ4v) is 2.43. The van der Waals surface area contributed by atoms with Crippen LogP contribution in [0.3, 0.4) is 0 Å². The van der Waals surface area contributed by atoms with E-state index >= 15 is 0 Å². The van der Waals surface area contributed by atoms with E-state index in [0.29, 0.717) is 5.56 Å². The molecule has 1 atom stereocenters. The summed E-state index contributed by atoms with van der Waals surface area (Å²) in [7, 11) is 0. The number of rotatable bonds is 1. The van der Waals surface area contributed by atoms with Gasteiger partial charge in [0.25, 0.3) is 0 Å². The summed E-state index contributed by atoms with van der Waals surface area (Å²) < 4.78 is 38.1. The molecule has 1 N–H and O–H groups in total. The van der Waals surface area contributed by atoms with Crippen molar-refractivity contribution >= 4 is 5.69 Å². The summed E-state index contributed by atoms with van der Waals surface area (Å²) in [5.74, 6) is 0. The summed E-state index contributed by atoms with van der Waals surface area (Å²) in [6, 6.07) is 13.2. The van der Waals surface area contributed by atoms with Crippen molar-refractivity contribution in [1.82, 2.24) is 0 Å². The van der Waals surface area contributed by atoms with Gasteiger partial charge >= 0.3 is 6.18 Å². The molecule has 4 heteroatoms. The van der Waals surface area contributed by atoms with Gasteiger partial charge in [0.2, 0.25) is 0 Å². The standard InChI is InChI=1S/C15H12F3N/c16-15(17,18)12-6-3-5-10(8-12)14-9-11-4-1-2-7-13(11)19-14/h1-8,14,19H,9H2. The van der Waals surface area contributed by atoms with Crippen LogP contribution in [-0.4, -0.2) is 0 Å². The van der Waals surface area contributed by atoms with Gasteiger partial charge in [-0.05, 0) is 35.7 Å². The molecule has 2 aromatic rings. The third-order valence-electron chi connectivity index (χ3n) is 3.39. The summed E-state index contributed by atoms with van der Waals surface area (Å²) in [5, 5.41) is 3.26. The lowest BCUT2D eigenvalue weighted by Gasteiger charge is -2.14. The lowest BCUT2D eigenvalue weighted by Crippen LogP contribution is -2.09. The van der Waals surface area contributed by atoms with E-state index in [1.807, 2.05) is 24.3 Å². The minimum atomic E-state index is -4.29. The van der Waals surface area contributed by atoms with Gasteiger partial charge in [0.05, 0.1) is 11.6 Å². The Balaban J connectivity index is 1.90. The molecule has 0 aromatic heterocycles. The zero-order valence-corrected chi connectivity index (χ0v) is 10.0. The number of hydrogen-bond donors (Lipinski definition) is 1. The van der Waals surface area contributed by atoms with Crippen molar-refractivity contribution in [2.45, 2.75) is 18.6 Å². The topological polar surface area (TPSA) is 12.0 Å². The number of anilines is 1. The van der Waals surface area contributed by atoms with Crippen LogP contribution in [0, 0.1) is 0 Å². The summed E-state index contributed by atoms with van der Waals surface area (Å²) in [4.78, 5) is 0. The molecule has 3 rings (SSSR count). The van der Waals surface area contributed by atoms with Gasteiger partial charge in [-0.15, -0.1) is 0 Å². The van der Waals surface area contributed by atoms with E-state index in [4.69, 9.17) is 0 Å². The fraction of sp³-hybridized carbons (Fsp3) is 0.200. The lowest BCUT2D eigenvalue weighted by molar-refractivity contribution is -0.137. The van der Waals surface area contributed by atoms with Gasteiger partial charge in [0, 0.05) is 5.69 Å². The average Bonchev–Trinajstić information content (AvgIpc) is 2.81. The smallest absolute Gasteiger partial charge is 0.378 e. The van der Waals surface area contributed by atoms with Crippen molar-refractivity contribution in [3.63, 3.8) is 0 Å². The van der Waals surface area contributed by atoms with Crippen LogP contribution in [-0.2, 0) is 12.6 Å². The number of nitrogens with one attached hydrogen (secondary N) is 1. The van der Waals surface area contributed by atoms with Gasteiger partial charge < -0.3 is 5.32 Å². The second-order valence-corrected chi connectivity index (χ2v) is 4.68. The normalized spacial score (nSPS) is 17.9. The van der Waals surface area contributed by atoms with Crippen LogP contribution in [0.15, 0.2) is 48.5 Å². The third kappa shape index (κ3) is 2.30. The van der Waals surface area contributed by atoms with Gasteiger partial charge in [-0.3, -0.25) is 0 Å². The van der Waals surface area contributed by atoms with Crippen molar-refractivity contribution in [2.24, 2.45) is 0 Å². The first-order valence-corrected chi connectivity index (χ1v) is 6.05. The minimum Gasteiger partial charge on any atom is -0.378 e. The second kappa shape index (κ2) is 4.30. The van der Waals surface area contributed by atoms with E-state index in [1.54, 1.807) is 6.07 Å². The van der Waals surface area contributed by atoms with Gasteiger partial charge in [-0.25, -0.2) is 0 Å². The first-order valence-electron chi connectivity index (χ1n) is 6.05. The van der Waals surface area contributed by atoms with Crippen LogP contribution < -0.4 is 5.32 Å². The summed E-state index contributed by atoms with van der Waals surface area (Å²) in [6.07, 6.45) is -3.57. The summed E-state index contributed by atoms with van der Waals surface area (Å²) in [6.45, 7) is 0. The maximum Gasteiger partial charge on any atom is 0.416 e. The van der Waals surface area contributed by atoms with Crippen LogP contribution in [0.1, 0.15) is 22.7 Å². The molecule has 0 bridgehead atoms. The van der Waals surface area contributed by atoms with Crippen LogP contribution in [0.5, 0.6) is 0 Å². The highest BCUT2D eigenvalue weighted by molar-refractivity contribution is 5.58. The Hall–Kier alpha value is -1.97. The average molecular weight is 263 g/mol. The first kappa shape index (κ1) is 12.1. The number of halogens is 3. The fourth-order valence-electron chi connectivity index (χ4n) is 2.43. The third-order valence-corrected chi connectivity index (χ3v) is 3.39. The molecular weight excluding hydrogens is 251 g/mol. The number of benzene rings is 2. The molecule has 1 aliphatic rings. The van der Waals surface area contributed by atoms with Crippen molar-refractivity contribution in [2.75, 3.05) is 5.32 Å². The quantitative estimate of drug-likeness (QED) is 0.803. The molecule has 1 heterocycles. The summed E-state index contributed by atoms with van der Waals surface area (Å²) >= 11 is 0. The summed E-state index contributed by atoms with van der Waals surface area (Å²) in [5.41, 5.74) is 2.23. The Morgan fingerprint density at radius 3 is 2.53 bits per heavy atom. The highest BCUT2D eigenvalue weighted by atomic mass is 19.4. The van der Waals surface area contributed by atoms with Gasteiger partial charge in [-0.1, -0.05) is 30.3 Å². The van der Waals surface area contributed by atoms with Crippen LogP contribution in [0.25, 0.3) is 0 Å². The molecule has 98 valence electrons. The second-order valence-electron chi connectivity index (χ2n) is 4.68. The zero-order valence-electron chi connectivity index (χ0n) is 10.0. The maximum absolute atomic E-state index is 12.7. The Labute approximate surface area is 109 Å². The molecule has 0 amide bonds. The largest absolute Gasteiger partial charge is 0.416 e. The van der Waals surface area contributed by atoms with Crippen LogP contribution >= 0.6 is 0 Å². The van der Waals surface area contributed by atoms with Crippen LogP contribution in [0.4, 0.5) is 18.9 Å². The van der Waals surface area contributed by atoms with E-state index < -0.39 is 11.7 Å². The van der Waals surface area contributed by atoms with Crippen molar-refractivity contribution in [1.29, 1.82) is 0 Å². The Morgan fingerprint density at radius 2 is 1.79 bits per heavy atom. The van der Waals surface area contributed by atoms with Crippen LogP contribution in [0.2, 0.25) is 0 Å². The van der Waals surface area contributed by atoms with E-state index in [-0.39, 0.29) is 6.04 Å². The number of hydrogen-bond acceptors (Lipinski definition) is 1. The molecule has 0 fully saturated rings. The van der Waals surface area contributed by atoms with E-state index in [9.17, 15) is 13.2 Å². The minimum absolute atomic E-state index is 0.0836. The molecule has 1 nitrogen and oxygen atoms in total. The van der Waals surface area contributed by atoms with E-state index in [0.717, 1.165) is 23.7 Å². The maximum atomic E-state index is 12.7. The molecular formula is C15H12F3N. The molecule has 0 saturated carbocycles. The van der Waals surface area contributed by atoms with Gasteiger partial charge in [0.15, 0.2) is 0 Å². The highest BCUT2D eigenvalue weighted by Crippen LogP contribution is 2.36. The molecule has 0 aliphatic carbocycles. The molecule has 19 heavy (non-hydrogen) atoms. The van der Waals surface area contributed by atoms with Crippen molar-refractivity contribution in [3.05, 3.63) is 65.2 Å². The molecule has 1 unspecified atom stereocenters. The number of para-hydroxylation sites is 1. The van der Waals surface area contributed by atoms with E-state index in [2.05, 4.69) is 5.32 Å². The predicted molar refractivity (Wildman–Crippen MR) is 68.0 cm³/mol. The first-order chi connectivity index (χ1) is 9.04. The molecule has 0 radical (unpaired) electrons. The highest BCUT2D eigenvalue weighted by Gasteiger charge is 2.31. The monoisotopic (exact) mass is 263 g/mol. The van der Waals surface area contributed by atoms with Gasteiger partial charge in [-0.2, -0.15) is 13.2 Å². The number of alkyl halides is 3. The SMILES string of the molecule is FC(F)(F)c1cccc(C2Cc3ccccc3N2)c1. The number of fused-ring (bicyclic) bond motifs is 1. The molecule has 0 spiro atoms. The Kier molecular flexibility index (Phi) is 2.73. The van der Waals surface area contributed by atoms with Crippen molar-refractivity contribution < 1.29 is 13.2 Å². The predicted octanol–water partition coefficient (Wildman–Crippen LogP) is 4.41. The zero-order chi connectivity index (χ0) is 13.5. The van der Waals surface area contributed by atoms with Gasteiger partial charge in [0.1, 0.15) is 0 Å². The van der Waals surface area contributed by atoms with E-state index in [1.165, 1.54) is 12.1 Å². The Bertz CT molecular complexity index is 579. The Morgan fingerprint density at radius 1 is 1.00 bits per heavy atom. The molecule has 1 aliphatic heterocycles. The lowest BCUT2D eigenvalue weighted by atomic mass is 10.0. The molecule has 0 saturated heterocycles.